The van der Waals surface area contributed by atoms with Crippen LogP contribution in [0.15, 0.2) is 28.7 Å². The minimum Gasteiger partial charge on any atom is -0.308 e. The van der Waals surface area contributed by atoms with Crippen molar-refractivity contribution in [3.63, 3.8) is 0 Å². The maximum absolute atomic E-state index is 11.4. The topological polar surface area (TPSA) is 29.1 Å². The lowest BCUT2D eigenvalue weighted by atomic mass is 10.1. The molecule has 1 heterocycles. The molecule has 14 heavy (non-hydrogen) atoms. The van der Waals surface area contributed by atoms with E-state index in [4.69, 9.17) is 0 Å². The Balaban J connectivity index is 2.14. The standard InChI is InChI=1S/C10H12BrNOS/c11-9-3-1-8(2-4-9)10-7-14(13)6-5-12-10/h1-4,10,12H,5-7H2. The van der Waals surface area contributed by atoms with E-state index >= 15 is 0 Å². The zero-order valence-electron chi connectivity index (χ0n) is 7.70. The van der Waals surface area contributed by atoms with Crippen molar-refractivity contribution in [1.82, 2.24) is 5.32 Å². The van der Waals surface area contributed by atoms with Crippen molar-refractivity contribution in [3.05, 3.63) is 34.3 Å². The predicted octanol–water partition coefficient (Wildman–Crippen LogP) is 1.84. The second-order valence-corrected chi connectivity index (χ2v) is 5.91. The van der Waals surface area contributed by atoms with E-state index < -0.39 is 10.8 Å². The van der Waals surface area contributed by atoms with Gasteiger partial charge in [-0.1, -0.05) is 28.1 Å². The van der Waals surface area contributed by atoms with E-state index in [0.29, 0.717) is 0 Å². The van der Waals surface area contributed by atoms with Crippen LogP contribution in [0.25, 0.3) is 0 Å². The van der Waals surface area contributed by atoms with Gasteiger partial charge in [-0.05, 0) is 17.7 Å². The molecule has 1 aliphatic rings. The summed E-state index contributed by atoms with van der Waals surface area (Å²) in [5.41, 5.74) is 1.22. The van der Waals surface area contributed by atoms with Gasteiger partial charge in [-0.3, -0.25) is 4.21 Å². The zero-order chi connectivity index (χ0) is 9.97. The highest BCUT2D eigenvalue weighted by Crippen LogP contribution is 2.19. The fourth-order valence-corrected chi connectivity index (χ4v) is 3.04. The Kier molecular flexibility index (Phi) is 3.36. The molecule has 0 aliphatic carbocycles. The van der Waals surface area contributed by atoms with Crippen molar-refractivity contribution in [3.8, 4) is 0 Å². The Bertz CT molecular complexity index is 338. The summed E-state index contributed by atoms with van der Waals surface area (Å²) in [6.07, 6.45) is 0. The molecule has 2 unspecified atom stereocenters. The zero-order valence-corrected chi connectivity index (χ0v) is 10.1. The molecular weight excluding hydrogens is 262 g/mol. The number of halogens is 1. The minimum absolute atomic E-state index is 0.262. The van der Waals surface area contributed by atoms with E-state index in [2.05, 4.69) is 33.4 Å². The number of hydrogen-bond acceptors (Lipinski definition) is 2. The maximum atomic E-state index is 11.4. The lowest BCUT2D eigenvalue weighted by Gasteiger charge is -2.23. The molecule has 1 aliphatic heterocycles. The third-order valence-corrected chi connectivity index (χ3v) is 4.24. The third-order valence-electron chi connectivity index (χ3n) is 2.35. The molecule has 2 atom stereocenters. The largest absolute Gasteiger partial charge is 0.308 e. The predicted molar refractivity (Wildman–Crippen MR) is 62.8 cm³/mol. The van der Waals surface area contributed by atoms with Crippen LogP contribution in [0.2, 0.25) is 0 Å². The van der Waals surface area contributed by atoms with E-state index in [-0.39, 0.29) is 6.04 Å². The first-order chi connectivity index (χ1) is 6.75. The normalized spacial score (nSPS) is 27.5. The fraction of sp³-hybridized carbons (Fsp3) is 0.400. The highest BCUT2D eigenvalue weighted by molar-refractivity contribution is 9.10. The highest BCUT2D eigenvalue weighted by Gasteiger charge is 2.18. The van der Waals surface area contributed by atoms with Crippen molar-refractivity contribution < 1.29 is 4.21 Å². The van der Waals surface area contributed by atoms with Crippen LogP contribution >= 0.6 is 15.9 Å². The molecular formula is C10H12BrNOS. The summed E-state index contributed by atoms with van der Waals surface area (Å²) in [4.78, 5) is 0. The van der Waals surface area contributed by atoms with Crippen LogP contribution in [-0.4, -0.2) is 22.3 Å². The molecule has 1 fully saturated rings. The van der Waals surface area contributed by atoms with Crippen LogP contribution < -0.4 is 5.32 Å². The summed E-state index contributed by atoms with van der Waals surface area (Å²) in [5, 5.41) is 3.38. The van der Waals surface area contributed by atoms with Gasteiger partial charge in [0.25, 0.3) is 0 Å². The molecule has 0 radical (unpaired) electrons. The van der Waals surface area contributed by atoms with Gasteiger partial charge < -0.3 is 5.32 Å². The first kappa shape index (κ1) is 10.3. The molecule has 1 aromatic rings. The molecule has 76 valence electrons. The smallest absolute Gasteiger partial charge is 0.0437 e. The first-order valence-electron chi connectivity index (χ1n) is 4.59. The summed E-state index contributed by atoms with van der Waals surface area (Å²) in [6.45, 7) is 0.855. The van der Waals surface area contributed by atoms with E-state index in [1.807, 2.05) is 12.1 Å². The van der Waals surface area contributed by atoms with E-state index in [1.165, 1.54) is 5.56 Å². The van der Waals surface area contributed by atoms with Gasteiger partial charge in [-0.2, -0.15) is 0 Å². The molecule has 1 N–H and O–H groups in total. The van der Waals surface area contributed by atoms with Gasteiger partial charge in [0.1, 0.15) is 0 Å². The Morgan fingerprint density at radius 2 is 2.07 bits per heavy atom. The van der Waals surface area contributed by atoms with Crippen molar-refractivity contribution >= 4 is 26.7 Å². The van der Waals surface area contributed by atoms with Gasteiger partial charge >= 0.3 is 0 Å². The molecule has 2 rings (SSSR count). The number of hydrogen-bond donors (Lipinski definition) is 1. The molecule has 0 aromatic heterocycles. The Hall–Kier alpha value is -0.190. The summed E-state index contributed by atoms with van der Waals surface area (Å²) in [6, 6.07) is 8.45. The lowest BCUT2D eigenvalue weighted by Crippen LogP contribution is -2.36. The van der Waals surface area contributed by atoms with Crippen molar-refractivity contribution in [2.45, 2.75) is 6.04 Å². The second kappa shape index (κ2) is 4.55. The van der Waals surface area contributed by atoms with Gasteiger partial charge in [-0.15, -0.1) is 0 Å². The van der Waals surface area contributed by atoms with E-state index in [1.54, 1.807) is 0 Å². The maximum Gasteiger partial charge on any atom is 0.0437 e. The lowest BCUT2D eigenvalue weighted by molar-refractivity contribution is 0.572. The Morgan fingerprint density at radius 1 is 1.36 bits per heavy atom. The molecule has 2 nitrogen and oxygen atoms in total. The highest BCUT2D eigenvalue weighted by atomic mass is 79.9. The van der Waals surface area contributed by atoms with Crippen LogP contribution in [0.3, 0.4) is 0 Å². The molecule has 1 saturated heterocycles. The second-order valence-electron chi connectivity index (χ2n) is 3.37. The van der Waals surface area contributed by atoms with Gasteiger partial charge in [-0.25, -0.2) is 0 Å². The SMILES string of the molecule is O=S1CCNC(c2ccc(Br)cc2)C1. The van der Waals surface area contributed by atoms with Gasteiger partial charge in [0.05, 0.1) is 0 Å². The molecule has 0 saturated carbocycles. The molecule has 0 spiro atoms. The van der Waals surface area contributed by atoms with Crippen molar-refractivity contribution in [2.75, 3.05) is 18.1 Å². The average Bonchev–Trinajstić information content (AvgIpc) is 2.19. The number of nitrogens with one attached hydrogen (secondary N) is 1. The van der Waals surface area contributed by atoms with Crippen LogP contribution in [0.5, 0.6) is 0 Å². The minimum atomic E-state index is -0.650. The summed E-state index contributed by atoms with van der Waals surface area (Å²) in [7, 11) is -0.650. The van der Waals surface area contributed by atoms with Crippen LogP contribution in [0.4, 0.5) is 0 Å². The van der Waals surface area contributed by atoms with E-state index in [0.717, 1.165) is 22.5 Å². The van der Waals surface area contributed by atoms with Gasteiger partial charge in [0.15, 0.2) is 0 Å². The van der Waals surface area contributed by atoms with Crippen molar-refractivity contribution in [2.24, 2.45) is 0 Å². The Morgan fingerprint density at radius 3 is 2.71 bits per heavy atom. The average molecular weight is 274 g/mol. The Labute approximate surface area is 94.7 Å². The molecule has 0 amide bonds. The van der Waals surface area contributed by atoms with Gasteiger partial charge in [0, 0.05) is 39.4 Å². The van der Waals surface area contributed by atoms with Crippen LogP contribution in [-0.2, 0) is 10.8 Å². The first-order valence-corrected chi connectivity index (χ1v) is 6.87. The number of benzene rings is 1. The van der Waals surface area contributed by atoms with E-state index in [9.17, 15) is 4.21 Å². The quantitative estimate of drug-likeness (QED) is 0.846. The summed E-state index contributed by atoms with van der Waals surface area (Å²) < 4.78 is 12.5. The summed E-state index contributed by atoms with van der Waals surface area (Å²) >= 11 is 3.40. The number of rotatable bonds is 1. The third kappa shape index (κ3) is 2.43. The molecule has 4 heteroatoms. The fourth-order valence-electron chi connectivity index (χ4n) is 1.58. The van der Waals surface area contributed by atoms with Crippen LogP contribution in [0, 0.1) is 0 Å². The molecule has 0 bridgehead atoms. The van der Waals surface area contributed by atoms with Crippen molar-refractivity contribution in [1.29, 1.82) is 0 Å². The monoisotopic (exact) mass is 273 g/mol. The summed E-state index contributed by atoms with van der Waals surface area (Å²) in [5.74, 6) is 1.52. The van der Waals surface area contributed by atoms with Gasteiger partial charge in [0.2, 0.25) is 0 Å². The van der Waals surface area contributed by atoms with Crippen LogP contribution in [0.1, 0.15) is 11.6 Å². The molecule has 1 aromatic carbocycles.